The van der Waals surface area contributed by atoms with Crippen molar-refractivity contribution in [1.29, 1.82) is 0 Å². The molecular weight excluding hydrogens is 274 g/mol. The zero-order valence-electron chi connectivity index (χ0n) is 11.4. The lowest BCUT2D eigenvalue weighted by atomic mass is 10.2. The zero-order chi connectivity index (χ0) is 15.4. The van der Waals surface area contributed by atoms with Crippen LogP contribution in [0.5, 0.6) is 5.75 Å². The van der Waals surface area contributed by atoms with Crippen LogP contribution in [0.15, 0.2) is 30.6 Å². The second kappa shape index (κ2) is 5.95. The van der Waals surface area contributed by atoms with Gasteiger partial charge in [-0.1, -0.05) is 0 Å². The van der Waals surface area contributed by atoms with Crippen LogP contribution < -0.4 is 21.5 Å². The van der Waals surface area contributed by atoms with Gasteiger partial charge in [0.25, 0.3) is 5.91 Å². The molecule has 0 atom stereocenters. The van der Waals surface area contributed by atoms with Crippen molar-refractivity contribution in [3.8, 4) is 5.75 Å². The minimum absolute atomic E-state index is 0.0548. The third-order valence-corrected chi connectivity index (χ3v) is 2.72. The molecule has 0 bridgehead atoms. The van der Waals surface area contributed by atoms with Crippen LogP contribution >= 0.6 is 0 Å². The summed E-state index contributed by atoms with van der Waals surface area (Å²) in [4.78, 5) is 22.9. The Labute approximate surface area is 120 Å². The number of anilines is 2. The van der Waals surface area contributed by atoms with E-state index in [-0.39, 0.29) is 18.0 Å². The van der Waals surface area contributed by atoms with Crippen molar-refractivity contribution in [3.63, 3.8) is 0 Å². The number of aromatic nitrogens is 2. The molecule has 0 fully saturated rings. The van der Waals surface area contributed by atoms with Gasteiger partial charge in [-0.15, -0.1) is 0 Å². The molecule has 8 heteroatoms. The van der Waals surface area contributed by atoms with Crippen molar-refractivity contribution < 1.29 is 14.3 Å². The van der Waals surface area contributed by atoms with Crippen LogP contribution in [0, 0.1) is 0 Å². The van der Waals surface area contributed by atoms with Crippen LogP contribution in [0.25, 0.3) is 0 Å². The number of methoxy groups -OCH3 is 1. The molecule has 0 radical (unpaired) electrons. The van der Waals surface area contributed by atoms with Gasteiger partial charge in [0.05, 0.1) is 24.6 Å². The molecule has 0 aliphatic carbocycles. The first-order chi connectivity index (χ1) is 9.99. The summed E-state index contributed by atoms with van der Waals surface area (Å²) in [6.45, 7) is -0.0548. The van der Waals surface area contributed by atoms with E-state index in [1.54, 1.807) is 18.2 Å². The van der Waals surface area contributed by atoms with Crippen molar-refractivity contribution in [2.45, 2.75) is 6.54 Å². The Bertz CT molecular complexity index is 680. The number of nitrogen functional groups attached to an aromatic ring is 1. The highest BCUT2D eigenvalue weighted by Crippen LogP contribution is 2.26. The number of carbonyl (C=O) groups excluding carboxylic acids is 2. The Morgan fingerprint density at radius 2 is 2.19 bits per heavy atom. The highest BCUT2D eigenvalue weighted by atomic mass is 16.5. The fourth-order valence-corrected chi connectivity index (χ4v) is 1.73. The summed E-state index contributed by atoms with van der Waals surface area (Å²) >= 11 is 0. The van der Waals surface area contributed by atoms with E-state index in [2.05, 4.69) is 10.4 Å². The summed E-state index contributed by atoms with van der Waals surface area (Å²) in [5, 5.41) is 6.56. The first kappa shape index (κ1) is 14.4. The summed E-state index contributed by atoms with van der Waals surface area (Å²) in [7, 11) is 1.48. The highest BCUT2D eigenvalue weighted by Gasteiger charge is 2.10. The van der Waals surface area contributed by atoms with Crippen molar-refractivity contribution in [2.24, 2.45) is 5.73 Å². The number of hydrogen-bond acceptors (Lipinski definition) is 5. The predicted molar refractivity (Wildman–Crippen MR) is 76.8 cm³/mol. The second-order valence-corrected chi connectivity index (χ2v) is 4.30. The smallest absolute Gasteiger partial charge is 0.251 e. The van der Waals surface area contributed by atoms with E-state index in [9.17, 15) is 9.59 Å². The SMILES string of the molecule is COc1cc(N)ccc1NC(=O)Cn1cc(C(N)=O)cn1. The molecule has 0 saturated heterocycles. The number of amides is 2. The highest BCUT2D eigenvalue weighted by molar-refractivity contribution is 5.93. The fraction of sp³-hybridized carbons (Fsp3) is 0.154. The monoisotopic (exact) mass is 289 g/mol. The Kier molecular flexibility index (Phi) is 4.07. The zero-order valence-corrected chi connectivity index (χ0v) is 11.4. The van der Waals surface area contributed by atoms with Gasteiger partial charge in [0, 0.05) is 18.0 Å². The van der Waals surface area contributed by atoms with Gasteiger partial charge in [0.2, 0.25) is 5.91 Å². The minimum Gasteiger partial charge on any atom is -0.494 e. The quantitative estimate of drug-likeness (QED) is 0.678. The largest absolute Gasteiger partial charge is 0.494 e. The maximum Gasteiger partial charge on any atom is 0.251 e. The van der Waals surface area contributed by atoms with Crippen LogP contribution in [-0.4, -0.2) is 28.7 Å². The number of nitrogens with one attached hydrogen (secondary N) is 1. The van der Waals surface area contributed by atoms with Gasteiger partial charge in [-0.25, -0.2) is 0 Å². The van der Waals surface area contributed by atoms with E-state index in [0.29, 0.717) is 17.1 Å². The van der Waals surface area contributed by atoms with Crippen LogP contribution in [0.3, 0.4) is 0 Å². The van der Waals surface area contributed by atoms with Gasteiger partial charge < -0.3 is 21.5 Å². The number of ether oxygens (including phenoxy) is 1. The third kappa shape index (κ3) is 3.50. The summed E-state index contributed by atoms with van der Waals surface area (Å²) in [5.41, 5.74) is 12.0. The molecule has 8 nitrogen and oxygen atoms in total. The van der Waals surface area contributed by atoms with Crippen LogP contribution in [0.2, 0.25) is 0 Å². The molecule has 0 spiro atoms. The summed E-state index contributed by atoms with van der Waals surface area (Å²) in [6.07, 6.45) is 2.71. The average Bonchev–Trinajstić information content (AvgIpc) is 2.89. The second-order valence-electron chi connectivity index (χ2n) is 4.30. The van der Waals surface area contributed by atoms with E-state index in [0.717, 1.165) is 0 Å². The standard InChI is InChI=1S/C13H15N5O3/c1-21-11-4-9(14)2-3-10(11)17-12(19)7-18-6-8(5-16-18)13(15)20/h2-6H,7,14H2,1H3,(H2,15,20)(H,17,19). The number of rotatable bonds is 5. The minimum atomic E-state index is -0.595. The van der Waals surface area contributed by atoms with E-state index >= 15 is 0 Å². The molecular formula is C13H15N5O3. The molecule has 21 heavy (non-hydrogen) atoms. The van der Waals surface area contributed by atoms with E-state index in [1.165, 1.54) is 24.2 Å². The van der Waals surface area contributed by atoms with Crippen LogP contribution in [0.1, 0.15) is 10.4 Å². The lowest BCUT2D eigenvalue weighted by Crippen LogP contribution is -2.19. The van der Waals surface area contributed by atoms with Crippen molar-refractivity contribution >= 4 is 23.2 Å². The molecule has 2 rings (SSSR count). The Balaban J connectivity index is 2.06. The molecule has 1 aromatic heterocycles. The van der Waals surface area contributed by atoms with Crippen molar-refractivity contribution in [1.82, 2.24) is 9.78 Å². The molecule has 0 unspecified atom stereocenters. The molecule has 0 aliphatic heterocycles. The molecule has 2 amide bonds. The summed E-state index contributed by atoms with van der Waals surface area (Å²) in [5.74, 6) is -0.458. The summed E-state index contributed by atoms with van der Waals surface area (Å²) in [6, 6.07) is 4.90. The van der Waals surface area contributed by atoms with E-state index in [4.69, 9.17) is 16.2 Å². The molecule has 110 valence electrons. The molecule has 0 saturated carbocycles. The number of primary amides is 1. The maximum absolute atomic E-state index is 11.9. The molecule has 1 heterocycles. The van der Waals surface area contributed by atoms with Crippen LogP contribution in [-0.2, 0) is 11.3 Å². The van der Waals surface area contributed by atoms with E-state index < -0.39 is 5.91 Å². The summed E-state index contributed by atoms with van der Waals surface area (Å²) < 4.78 is 6.45. The van der Waals surface area contributed by atoms with Gasteiger partial charge in [-0.2, -0.15) is 5.10 Å². The van der Waals surface area contributed by atoms with Gasteiger partial charge in [-0.3, -0.25) is 14.3 Å². The molecule has 1 aromatic carbocycles. The topological polar surface area (TPSA) is 125 Å². The lowest BCUT2D eigenvalue weighted by molar-refractivity contribution is -0.116. The first-order valence-electron chi connectivity index (χ1n) is 6.05. The third-order valence-electron chi connectivity index (χ3n) is 2.72. The van der Waals surface area contributed by atoms with Gasteiger partial charge in [-0.05, 0) is 12.1 Å². The van der Waals surface area contributed by atoms with Gasteiger partial charge in [0.1, 0.15) is 12.3 Å². The number of carbonyl (C=O) groups is 2. The first-order valence-corrected chi connectivity index (χ1v) is 6.05. The Morgan fingerprint density at radius 3 is 2.81 bits per heavy atom. The predicted octanol–water partition coefficient (Wildman–Crippen LogP) is 0.211. The van der Waals surface area contributed by atoms with Gasteiger partial charge >= 0.3 is 0 Å². The number of nitrogens with zero attached hydrogens (tertiary/aromatic N) is 2. The number of hydrogen-bond donors (Lipinski definition) is 3. The molecule has 0 aliphatic rings. The molecule has 5 N–H and O–H groups in total. The normalized spacial score (nSPS) is 10.1. The Morgan fingerprint density at radius 1 is 1.43 bits per heavy atom. The fourth-order valence-electron chi connectivity index (χ4n) is 1.73. The van der Waals surface area contributed by atoms with Crippen molar-refractivity contribution in [2.75, 3.05) is 18.2 Å². The number of benzene rings is 1. The van der Waals surface area contributed by atoms with Crippen LogP contribution in [0.4, 0.5) is 11.4 Å². The van der Waals surface area contributed by atoms with Gasteiger partial charge in [0.15, 0.2) is 0 Å². The maximum atomic E-state index is 11.9. The lowest BCUT2D eigenvalue weighted by Gasteiger charge is -2.10. The van der Waals surface area contributed by atoms with Crippen molar-refractivity contribution in [3.05, 3.63) is 36.2 Å². The Hall–Kier alpha value is -3.03. The average molecular weight is 289 g/mol. The van der Waals surface area contributed by atoms with E-state index in [1.807, 2.05) is 0 Å². The molecule has 2 aromatic rings. The number of nitrogens with two attached hydrogens (primary N) is 2.